The van der Waals surface area contributed by atoms with Crippen LogP contribution in [-0.4, -0.2) is 42.5 Å². The van der Waals surface area contributed by atoms with Gasteiger partial charge in [-0.15, -0.1) is 0 Å². The van der Waals surface area contributed by atoms with E-state index in [1.54, 1.807) is 7.05 Å². The number of hydrogen-bond donors (Lipinski definition) is 0. The molecule has 1 amide bonds. The van der Waals surface area contributed by atoms with Gasteiger partial charge in [0.15, 0.2) is 0 Å². The molecule has 0 aliphatic heterocycles. The van der Waals surface area contributed by atoms with Crippen LogP contribution in [-0.2, 0) is 4.74 Å². The number of carbonyl (C=O) groups is 1. The molecule has 0 N–H and O–H groups in total. The highest BCUT2D eigenvalue weighted by Crippen LogP contribution is 2.28. The fourth-order valence-corrected chi connectivity index (χ4v) is 2.03. The second-order valence-electron chi connectivity index (χ2n) is 5.17. The van der Waals surface area contributed by atoms with Gasteiger partial charge in [0.25, 0.3) is 11.6 Å². The zero-order chi connectivity index (χ0) is 15.4. The standard InChI is InChI=1S/C14H17ClN2O4/c1-16(6-7-21-9-10-2-3-10)14(18)11-4-5-12(15)13(8-11)17(19)20/h4-5,8,10H,2-3,6-7,9H2,1H3. The zero-order valence-corrected chi connectivity index (χ0v) is 12.5. The van der Waals surface area contributed by atoms with E-state index in [0.717, 1.165) is 6.61 Å². The number of benzene rings is 1. The first-order chi connectivity index (χ1) is 9.99. The van der Waals surface area contributed by atoms with Gasteiger partial charge in [-0.3, -0.25) is 14.9 Å². The van der Waals surface area contributed by atoms with Crippen molar-refractivity contribution in [3.8, 4) is 0 Å². The van der Waals surface area contributed by atoms with Crippen LogP contribution in [0, 0.1) is 16.0 Å². The molecular formula is C14H17ClN2O4. The summed E-state index contributed by atoms with van der Waals surface area (Å²) in [5, 5.41) is 10.8. The van der Waals surface area contributed by atoms with Crippen LogP contribution in [0.1, 0.15) is 23.2 Å². The predicted molar refractivity (Wildman–Crippen MR) is 78.6 cm³/mol. The van der Waals surface area contributed by atoms with E-state index in [4.69, 9.17) is 16.3 Å². The Morgan fingerprint density at radius 3 is 2.86 bits per heavy atom. The summed E-state index contributed by atoms with van der Waals surface area (Å²) < 4.78 is 5.47. The van der Waals surface area contributed by atoms with Gasteiger partial charge in [0.05, 0.1) is 11.5 Å². The molecule has 1 aromatic carbocycles. The Labute approximate surface area is 127 Å². The van der Waals surface area contributed by atoms with Crippen LogP contribution >= 0.6 is 11.6 Å². The Morgan fingerprint density at radius 1 is 1.52 bits per heavy atom. The highest BCUT2D eigenvalue weighted by Gasteiger charge is 2.21. The van der Waals surface area contributed by atoms with Gasteiger partial charge in [-0.1, -0.05) is 11.6 Å². The predicted octanol–water partition coefficient (Wildman–Crippen LogP) is 2.75. The SMILES string of the molecule is CN(CCOCC1CC1)C(=O)c1ccc(Cl)c([N+](=O)[O-])c1. The van der Waals surface area contributed by atoms with Crippen molar-refractivity contribution in [3.05, 3.63) is 38.9 Å². The number of hydrogen-bond acceptors (Lipinski definition) is 4. The zero-order valence-electron chi connectivity index (χ0n) is 11.8. The summed E-state index contributed by atoms with van der Waals surface area (Å²) >= 11 is 5.73. The van der Waals surface area contributed by atoms with E-state index in [2.05, 4.69) is 0 Å². The molecule has 0 heterocycles. The van der Waals surface area contributed by atoms with Crippen molar-refractivity contribution in [2.45, 2.75) is 12.8 Å². The number of rotatable bonds is 7. The van der Waals surface area contributed by atoms with E-state index in [1.165, 1.54) is 35.9 Å². The summed E-state index contributed by atoms with van der Waals surface area (Å²) in [5.74, 6) is 0.398. The van der Waals surface area contributed by atoms with E-state index in [9.17, 15) is 14.9 Å². The molecule has 114 valence electrons. The van der Waals surface area contributed by atoms with Crippen LogP contribution in [0.4, 0.5) is 5.69 Å². The fourth-order valence-electron chi connectivity index (χ4n) is 1.84. The molecule has 1 aromatic rings. The average molecular weight is 313 g/mol. The van der Waals surface area contributed by atoms with Crippen LogP contribution in [0.15, 0.2) is 18.2 Å². The fraction of sp³-hybridized carbons (Fsp3) is 0.500. The van der Waals surface area contributed by atoms with E-state index < -0.39 is 4.92 Å². The van der Waals surface area contributed by atoms with Gasteiger partial charge in [0.2, 0.25) is 0 Å². The highest BCUT2D eigenvalue weighted by atomic mass is 35.5. The molecule has 1 fully saturated rings. The largest absolute Gasteiger partial charge is 0.379 e. The van der Waals surface area contributed by atoms with E-state index >= 15 is 0 Å². The number of likely N-dealkylation sites (N-methyl/N-ethyl adjacent to an activating group) is 1. The lowest BCUT2D eigenvalue weighted by atomic mass is 10.2. The van der Waals surface area contributed by atoms with Crippen molar-refractivity contribution in [2.75, 3.05) is 26.8 Å². The van der Waals surface area contributed by atoms with E-state index in [-0.39, 0.29) is 22.2 Å². The van der Waals surface area contributed by atoms with Crippen molar-refractivity contribution in [1.82, 2.24) is 4.90 Å². The quantitative estimate of drug-likeness (QED) is 0.441. The maximum atomic E-state index is 12.2. The van der Waals surface area contributed by atoms with Crippen molar-refractivity contribution < 1.29 is 14.5 Å². The van der Waals surface area contributed by atoms with Crippen LogP contribution in [0.2, 0.25) is 5.02 Å². The summed E-state index contributed by atoms with van der Waals surface area (Å²) in [6.07, 6.45) is 2.45. The van der Waals surface area contributed by atoms with Gasteiger partial charge in [0, 0.05) is 31.8 Å². The first kappa shape index (κ1) is 15.7. The molecule has 1 aliphatic carbocycles. The van der Waals surface area contributed by atoms with Gasteiger partial charge in [-0.2, -0.15) is 0 Å². The summed E-state index contributed by atoms with van der Waals surface area (Å²) in [6.45, 7) is 1.66. The number of halogens is 1. The topological polar surface area (TPSA) is 72.7 Å². The van der Waals surface area contributed by atoms with Gasteiger partial charge >= 0.3 is 0 Å². The van der Waals surface area contributed by atoms with E-state index in [0.29, 0.717) is 19.1 Å². The molecule has 0 bridgehead atoms. The summed E-state index contributed by atoms with van der Waals surface area (Å²) in [5.41, 5.74) is -0.0170. The third kappa shape index (κ3) is 4.41. The van der Waals surface area contributed by atoms with Crippen molar-refractivity contribution >= 4 is 23.2 Å². The lowest BCUT2D eigenvalue weighted by Crippen LogP contribution is -2.30. The minimum Gasteiger partial charge on any atom is -0.379 e. The molecule has 2 rings (SSSR count). The van der Waals surface area contributed by atoms with Gasteiger partial charge in [-0.25, -0.2) is 0 Å². The number of nitrogens with zero attached hydrogens (tertiary/aromatic N) is 2. The van der Waals surface area contributed by atoms with Crippen LogP contribution in [0.5, 0.6) is 0 Å². The second kappa shape index (κ2) is 6.87. The molecule has 0 spiro atoms. The number of amides is 1. The smallest absolute Gasteiger partial charge is 0.288 e. The molecule has 21 heavy (non-hydrogen) atoms. The monoisotopic (exact) mass is 312 g/mol. The molecule has 0 unspecified atom stereocenters. The van der Waals surface area contributed by atoms with Crippen molar-refractivity contribution in [3.63, 3.8) is 0 Å². The van der Waals surface area contributed by atoms with Crippen molar-refractivity contribution in [2.24, 2.45) is 5.92 Å². The number of nitro benzene ring substituents is 1. The first-order valence-electron chi connectivity index (χ1n) is 6.76. The summed E-state index contributed by atoms with van der Waals surface area (Å²) in [7, 11) is 1.64. The maximum Gasteiger partial charge on any atom is 0.288 e. The average Bonchev–Trinajstić information content (AvgIpc) is 3.27. The third-order valence-electron chi connectivity index (χ3n) is 3.36. The molecule has 0 atom stereocenters. The van der Waals surface area contributed by atoms with Crippen LogP contribution < -0.4 is 0 Å². The molecular weight excluding hydrogens is 296 g/mol. The Hall–Kier alpha value is -1.66. The molecule has 0 aromatic heterocycles. The van der Waals surface area contributed by atoms with Crippen LogP contribution in [0.25, 0.3) is 0 Å². The van der Waals surface area contributed by atoms with Crippen molar-refractivity contribution in [1.29, 1.82) is 0 Å². The number of ether oxygens (including phenoxy) is 1. The Morgan fingerprint density at radius 2 is 2.24 bits per heavy atom. The molecule has 0 saturated heterocycles. The summed E-state index contributed by atoms with van der Waals surface area (Å²) in [4.78, 5) is 23.9. The minimum atomic E-state index is -0.599. The third-order valence-corrected chi connectivity index (χ3v) is 3.68. The minimum absolute atomic E-state index is 0.0203. The Kier molecular flexibility index (Phi) is 5.14. The van der Waals surface area contributed by atoms with Crippen LogP contribution in [0.3, 0.4) is 0 Å². The lowest BCUT2D eigenvalue weighted by Gasteiger charge is -2.17. The summed E-state index contributed by atoms with van der Waals surface area (Å²) in [6, 6.07) is 4.05. The van der Waals surface area contributed by atoms with Gasteiger partial charge < -0.3 is 9.64 Å². The highest BCUT2D eigenvalue weighted by molar-refractivity contribution is 6.32. The normalized spacial score (nSPS) is 14.0. The Balaban J connectivity index is 1.91. The lowest BCUT2D eigenvalue weighted by molar-refractivity contribution is -0.384. The molecule has 1 saturated carbocycles. The maximum absolute atomic E-state index is 12.2. The first-order valence-corrected chi connectivity index (χ1v) is 7.14. The van der Waals surface area contributed by atoms with Gasteiger partial charge in [-0.05, 0) is 30.9 Å². The number of nitro groups is 1. The van der Waals surface area contributed by atoms with Gasteiger partial charge in [0.1, 0.15) is 5.02 Å². The molecule has 1 aliphatic rings. The number of carbonyl (C=O) groups excluding carboxylic acids is 1. The molecule has 6 nitrogen and oxygen atoms in total. The Bertz CT molecular complexity index is 546. The second-order valence-corrected chi connectivity index (χ2v) is 5.58. The molecule has 7 heteroatoms. The van der Waals surface area contributed by atoms with E-state index in [1.807, 2.05) is 0 Å². The molecule has 0 radical (unpaired) electrons.